The quantitative estimate of drug-likeness (QED) is 0.649. The van der Waals surface area contributed by atoms with Gasteiger partial charge >= 0.3 is 0 Å². The van der Waals surface area contributed by atoms with Gasteiger partial charge in [-0.2, -0.15) is 0 Å². The van der Waals surface area contributed by atoms with E-state index in [0.29, 0.717) is 34.8 Å². The first-order chi connectivity index (χ1) is 13.6. The van der Waals surface area contributed by atoms with Gasteiger partial charge in [0.25, 0.3) is 0 Å². The first-order valence-corrected chi connectivity index (χ1v) is 10.1. The van der Waals surface area contributed by atoms with E-state index in [2.05, 4.69) is 21.9 Å². The third kappa shape index (κ3) is 4.86. The van der Waals surface area contributed by atoms with Crippen LogP contribution in [0.5, 0.6) is 0 Å². The summed E-state index contributed by atoms with van der Waals surface area (Å²) in [5.74, 6) is 1.55. The smallest absolute Gasteiger partial charge is 0.141 e. The number of nitrogen functional groups attached to an aromatic ring is 1. The lowest BCUT2D eigenvalue weighted by molar-refractivity contribution is 0.224. The Bertz CT molecular complexity index is 775. The van der Waals surface area contributed by atoms with Gasteiger partial charge in [0.1, 0.15) is 11.6 Å². The molecule has 150 valence electrons. The van der Waals surface area contributed by atoms with Crippen molar-refractivity contribution >= 4 is 17.6 Å². The Morgan fingerprint density at radius 1 is 1.32 bits per heavy atom. The Balaban J connectivity index is 1.74. The molecule has 0 spiro atoms. The lowest BCUT2D eigenvalue weighted by atomic mass is 9.68. The fraction of sp³-hybridized carbons (Fsp3) is 0.500. The van der Waals surface area contributed by atoms with Gasteiger partial charge in [-0.3, -0.25) is 9.98 Å². The SMILES string of the molecule is CC(CCC1=C(F)C(c2cnc(N)cn2)=CCC1C1CCC1)CN=CC=CN. The summed E-state index contributed by atoms with van der Waals surface area (Å²) in [7, 11) is 0. The van der Waals surface area contributed by atoms with Gasteiger partial charge in [-0.05, 0) is 67.7 Å². The number of aromatic nitrogens is 2. The van der Waals surface area contributed by atoms with Crippen LogP contribution in [0.1, 0.15) is 51.1 Å². The summed E-state index contributed by atoms with van der Waals surface area (Å²) in [4.78, 5) is 12.7. The van der Waals surface area contributed by atoms with E-state index in [1.54, 1.807) is 18.5 Å². The van der Waals surface area contributed by atoms with Crippen molar-refractivity contribution in [3.63, 3.8) is 0 Å². The number of hydrogen-bond donors (Lipinski definition) is 2. The Morgan fingerprint density at radius 2 is 2.14 bits per heavy atom. The van der Waals surface area contributed by atoms with E-state index in [0.717, 1.165) is 31.4 Å². The van der Waals surface area contributed by atoms with Gasteiger partial charge in [0.05, 0.1) is 18.1 Å². The predicted octanol–water partition coefficient (Wildman–Crippen LogP) is 4.45. The molecule has 2 aliphatic rings. The highest BCUT2D eigenvalue weighted by molar-refractivity contribution is 5.77. The van der Waals surface area contributed by atoms with Crippen LogP contribution >= 0.6 is 0 Å². The molecule has 6 heteroatoms. The molecule has 1 fully saturated rings. The van der Waals surface area contributed by atoms with E-state index >= 15 is 4.39 Å². The van der Waals surface area contributed by atoms with Gasteiger partial charge in [0.2, 0.25) is 0 Å². The van der Waals surface area contributed by atoms with Crippen LogP contribution < -0.4 is 11.5 Å². The maximum Gasteiger partial charge on any atom is 0.141 e. The zero-order valence-corrected chi connectivity index (χ0v) is 16.5. The van der Waals surface area contributed by atoms with Crippen LogP contribution in [0.2, 0.25) is 0 Å². The molecule has 1 aromatic rings. The van der Waals surface area contributed by atoms with Gasteiger partial charge in [0, 0.05) is 18.3 Å². The average molecular weight is 384 g/mol. The van der Waals surface area contributed by atoms with Crippen molar-refractivity contribution in [2.75, 3.05) is 12.3 Å². The molecule has 2 unspecified atom stereocenters. The summed E-state index contributed by atoms with van der Waals surface area (Å²) in [5.41, 5.74) is 13.0. The molecule has 0 aromatic carbocycles. The van der Waals surface area contributed by atoms with Crippen LogP contribution in [-0.4, -0.2) is 22.7 Å². The zero-order valence-electron chi connectivity index (χ0n) is 16.5. The molecular weight excluding hydrogens is 353 g/mol. The molecule has 0 bridgehead atoms. The van der Waals surface area contributed by atoms with Crippen LogP contribution in [0.3, 0.4) is 0 Å². The summed E-state index contributed by atoms with van der Waals surface area (Å²) in [5, 5.41) is 0. The first kappa shape index (κ1) is 20.2. The minimum Gasteiger partial charge on any atom is -0.405 e. The standard InChI is InChI=1S/C22H30FN5/c1-15(12-26-11-3-10-24)6-7-18-17(16-4-2-5-16)8-9-19(22(18)23)20-13-28-21(25)14-27-20/h3,9-11,13-17H,2,4-8,12,24H2,1H3,(H2,25,28). The molecule has 28 heavy (non-hydrogen) atoms. The number of halogens is 1. The third-order valence-electron chi connectivity index (χ3n) is 5.83. The van der Waals surface area contributed by atoms with Gasteiger partial charge in [0.15, 0.2) is 0 Å². The number of anilines is 1. The van der Waals surface area contributed by atoms with Crippen LogP contribution in [0.15, 0.2) is 47.1 Å². The van der Waals surface area contributed by atoms with E-state index < -0.39 is 0 Å². The number of allylic oxidation sites excluding steroid dienone is 5. The minimum absolute atomic E-state index is 0.107. The summed E-state index contributed by atoms with van der Waals surface area (Å²) >= 11 is 0. The highest BCUT2D eigenvalue weighted by atomic mass is 19.1. The van der Waals surface area contributed by atoms with E-state index in [9.17, 15) is 0 Å². The second-order valence-electron chi connectivity index (χ2n) is 7.86. The van der Waals surface area contributed by atoms with Gasteiger partial charge in [-0.25, -0.2) is 9.37 Å². The molecule has 0 radical (unpaired) electrons. The van der Waals surface area contributed by atoms with E-state index in [1.165, 1.54) is 31.7 Å². The molecular formula is C22H30FN5. The summed E-state index contributed by atoms with van der Waals surface area (Å²) in [6, 6.07) is 0. The fourth-order valence-electron chi connectivity index (χ4n) is 3.97. The zero-order chi connectivity index (χ0) is 19.9. The number of nitrogens with zero attached hydrogens (tertiary/aromatic N) is 3. The van der Waals surface area contributed by atoms with E-state index in [4.69, 9.17) is 11.5 Å². The van der Waals surface area contributed by atoms with Crippen molar-refractivity contribution in [1.82, 2.24) is 9.97 Å². The molecule has 1 aromatic heterocycles. The molecule has 1 saturated carbocycles. The molecule has 0 amide bonds. The molecule has 3 rings (SSSR count). The van der Waals surface area contributed by atoms with Crippen LogP contribution in [0.25, 0.3) is 5.57 Å². The van der Waals surface area contributed by atoms with Crippen LogP contribution in [0, 0.1) is 17.8 Å². The number of hydrogen-bond acceptors (Lipinski definition) is 5. The number of nitrogens with two attached hydrogens (primary N) is 2. The molecule has 5 nitrogen and oxygen atoms in total. The van der Waals surface area contributed by atoms with E-state index in [1.807, 2.05) is 6.08 Å². The molecule has 2 atom stereocenters. The third-order valence-corrected chi connectivity index (χ3v) is 5.83. The Labute approximate surface area is 166 Å². The fourth-order valence-corrected chi connectivity index (χ4v) is 3.97. The lowest BCUT2D eigenvalue weighted by Gasteiger charge is -2.37. The summed E-state index contributed by atoms with van der Waals surface area (Å²) in [6.07, 6.45) is 16.2. The van der Waals surface area contributed by atoms with Gasteiger partial charge in [-0.1, -0.05) is 19.4 Å². The second-order valence-corrected chi connectivity index (χ2v) is 7.86. The molecule has 0 saturated heterocycles. The van der Waals surface area contributed by atoms with Crippen molar-refractivity contribution < 1.29 is 4.39 Å². The van der Waals surface area contributed by atoms with Crippen molar-refractivity contribution in [3.8, 4) is 0 Å². The maximum absolute atomic E-state index is 15.5. The predicted molar refractivity (Wildman–Crippen MR) is 113 cm³/mol. The van der Waals surface area contributed by atoms with Crippen molar-refractivity contribution in [1.29, 1.82) is 0 Å². The Morgan fingerprint density at radius 3 is 2.79 bits per heavy atom. The highest BCUT2D eigenvalue weighted by Gasteiger charge is 2.34. The minimum atomic E-state index is -0.107. The van der Waals surface area contributed by atoms with Crippen LogP contribution in [0.4, 0.5) is 10.2 Å². The summed E-state index contributed by atoms with van der Waals surface area (Å²) in [6.45, 7) is 2.88. The topological polar surface area (TPSA) is 90.2 Å². The van der Waals surface area contributed by atoms with Gasteiger partial charge < -0.3 is 11.5 Å². The highest BCUT2D eigenvalue weighted by Crippen LogP contribution is 2.47. The number of rotatable bonds is 8. The Hall–Kier alpha value is -2.50. The lowest BCUT2D eigenvalue weighted by Crippen LogP contribution is -2.26. The van der Waals surface area contributed by atoms with Crippen molar-refractivity contribution in [3.05, 3.63) is 47.8 Å². The first-order valence-electron chi connectivity index (χ1n) is 10.1. The van der Waals surface area contributed by atoms with E-state index in [-0.39, 0.29) is 5.83 Å². The largest absolute Gasteiger partial charge is 0.405 e. The van der Waals surface area contributed by atoms with Crippen molar-refractivity contribution in [2.24, 2.45) is 28.5 Å². The van der Waals surface area contributed by atoms with Crippen LogP contribution in [-0.2, 0) is 0 Å². The molecule has 4 N–H and O–H groups in total. The molecule has 1 heterocycles. The maximum atomic E-state index is 15.5. The number of aliphatic imine (C=N–C) groups is 1. The van der Waals surface area contributed by atoms with Gasteiger partial charge in [-0.15, -0.1) is 0 Å². The normalized spacial score (nSPS) is 21.9. The molecule has 0 aliphatic heterocycles. The molecule has 2 aliphatic carbocycles. The average Bonchev–Trinajstić information content (AvgIpc) is 2.64. The van der Waals surface area contributed by atoms with Crippen molar-refractivity contribution in [2.45, 2.75) is 45.4 Å². The monoisotopic (exact) mass is 383 g/mol. The Kier molecular flexibility index (Phi) is 6.95. The summed E-state index contributed by atoms with van der Waals surface area (Å²) < 4.78 is 15.5. The second kappa shape index (κ2) is 9.62.